The van der Waals surface area contributed by atoms with Crippen LogP contribution in [-0.2, 0) is 21.4 Å². The van der Waals surface area contributed by atoms with E-state index in [2.05, 4.69) is 10.2 Å². The number of amides is 1. The molecule has 1 aromatic carbocycles. The quantitative estimate of drug-likeness (QED) is 0.542. The summed E-state index contributed by atoms with van der Waals surface area (Å²) in [5.74, 6) is -1.21. The predicted octanol–water partition coefficient (Wildman–Crippen LogP) is 1.64. The van der Waals surface area contributed by atoms with Gasteiger partial charge in [0.2, 0.25) is 10.0 Å². The minimum atomic E-state index is -3.77. The van der Waals surface area contributed by atoms with Crippen LogP contribution >= 0.6 is 0 Å². The predicted molar refractivity (Wildman–Crippen MR) is 114 cm³/mol. The monoisotopic (exact) mass is 433 g/mol. The van der Waals surface area contributed by atoms with E-state index in [1.54, 1.807) is 6.07 Å². The molecule has 30 heavy (non-hydrogen) atoms. The summed E-state index contributed by atoms with van der Waals surface area (Å²) >= 11 is 0. The van der Waals surface area contributed by atoms with Crippen LogP contribution in [0.1, 0.15) is 49.0 Å². The Kier molecular flexibility index (Phi) is 5.53. The molecule has 0 aliphatic carbocycles. The van der Waals surface area contributed by atoms with Crippen molar-refractivity contribution in [3.05, 3.63) is 35.4 Å². The molecule has 7 nitrogen and oxygen atoms in total. The van der Waals surface area contributed by atoms with Gasteiger partial charge in [-0.05, 0) is 56.4 Å². The molecule has 1 aromatic rings. The van der Waals surface area contributed by atoms with Crippen molar-refractivity contribution in [1.29, 1.82) is 0 Å². The van der Waals surface area contributed by atoms with Crippen LogP contribution in [0.3, 0.4) is 0 Å². The fraction of sp³-hybridized carbons (Fsp3) is 0.636. The van der Waals surface area contributed by atoms with Crippen LogP contribution in [0.5, 0.6) is 0 Å². The van der Waals surface area contributed by atoms with E-state index in [0.717, 1.165) is 35.8 Å². The first-order valence-corrected chi connectivity index (χ1v) is 12.7. The van der Waals surface area contributed by atoms with E-state index in [0.29, 0.717) is 18.5 Å². The second-order valence-corrected chi connectivity index (χ2v) is 11.0. The first kappa shape index (κ1) is 21.5. The number of ketones is 1. The molecule has 8 heteroatoms. The highest BCUT2D eigenvalue weighted by molar-refractivity contribution is 7.89. The smallest absolute Gasteiger partial charge is 0.252 e. The number of rotatable bonds is 6. The molecule has 0 aromatic heterocycles. The van der Waals surface area contributed by atoms with Crippen molar-refractivity contribution in [1.82, 2.24) is 14.5 Å². The largest absolute Gasteiger partial charge is 0.310 e. The Morgan fingerprint density at radius 2 is 1.97 bits per heavy atom. The summed E-state index contributed by atoms with van der Waals surface area (Å²) in [7, 11) is -3.77. The number of nitrogens with one attached hydrogen (secondary N) is 1. The maximum Gasteiger partial charge on any atom is 0.252 e. The maximum atomic E-state index is 13.9. The van der Waals surface area contributed by atoms with Gasteiger partial charge in [0, 0.05) is 12.1 Å². The van der Waals surface area contributed by atoms with E-state index in [9.17, 15) is 18.0 Å². The van der Waals surface area contributed by atoms with Gasteiger partial charge in [-0.1, -0.05) is 32.0 Å². The van der Waals surface area contributed by atoms with Crippen molar-refractivity contribution < 1.29 is 18.0 Å². The zero-order valence-corrected chi connectivity index (χ0v) is 18.7. The van der Waals surface area contributed by atoms with E-state index in [1.165, 1.54) is 12.8 Å². The van der Waals surface area contributed by atoms with Crippen LogP contribution in [-0.4, -0.2) is 67.3 Å². The Labute approximate surface area is 178 Å². The summed E-state index contributed by atoms with van der Waals surface area (Å²) < 4.78 is 25.9. The molecule has 0 bridgehead atoms. The summed E-state index contributed by atoms with van der Waals surface area (Å²) in [6.07, 6.45) is 3.97. The highest BCUT2D eigenvalue weighted by Crippen LogP contribution is 2.48. The molecule has 0 saturated carbocycles. The lowest BCUT2D eigenvalue weighted by atomic mass is 9.67. The van der Waals surface area contributed by atoms with Crippen LogP contribution in [0.4, 0.5) is 0 Å². The van der Waals surface area contributed by atoms with Gasteiger partial charge in [-0.2, -0.15) is 0 Å². The minimum absolute atomic E-state index is 0.277. The summed E-state index contributed by atoms with van der Waals surface area (Å²) in [6, 6.07) is 6.49. The number of sulfonamides is 1. The Balaban J connectivity index is 1.74. The lowest BCUT2D eigenvalue weighted by Crippen LogP contribution is -2.54. The zero-order chi connectivity index (χ0) is 21.7. The summed E-state index contributed by atoms with van der Waals surface area (Å²) in [5.41, 5.74) is 0.107. The fourth-order valence-electron chi connectivity index (χ4n) is 5.62. The third-order valence-electron chi connectivity index (χ3n) is 6.97. The van der Waals surface area contributed by atoms with Crippen molar-refractivity contribution >= 4 is 21.7 Å². The third-order valence-corrected chi connectivity index (χ3v) is 8.12. The van der Waals surface area contributed by atoms with Gasteiger partial charge in [-0.25, -0.2) is 12.7 Å². The number of fused-ring (bicyclic) bond motifs is 1. The average Bonchev–Trinajstić information content (AvgIpc) is 3.37. The number of carbonyl (C=O) groups is 2. The van der Waals surface area contributed by atoms with Gasteiger partial charge in [0.1, 0.15) is 5.41 Å². The number of benzene rings is 1. The molecule has 1 amide bonds. The molecule has 3 heterocycles. The number of Topliss-reactive ketones (excluding diaryl/α,β-unsaturated/α-hetero) is 1. The van der Waals surface area contributed by atoms with Crippen molar-refractivity contribution in [2.75, 3.05) is 25.9 Å². The molecule has 0 unspecified atom stereocenters. The summed E-state index contributed by atoms with van der Waals surface area (Å²) in [4.78, 5) is 29.9. The lowest BCUT2D eigenvalue weighted by Gasteiger charge is -2.34. The zero-order valence-electron chi connectivity index (χ0n) is 17.9. The van der Waals surface area contributed by atoms with Gasteiger partial charge >= 0.3 is 0 Å². The van der Waals surface area contributed by atoms with Crippen molar-refractivity contribution in [3.8, 4) is 0 Å². The van der Waals surface area contributed by atoms with E-state index < -0.39 is 33.4 Å². The summed E-state index contributed by atoms with van der Waals surface area (Å²) in [6.45, 7) is 7.17. The van der Waals surface area contributed by atoms with Crippen LogP contribution in [0.15, 0.2) is 24.3 Å². The van der Waals surface area contributed by atoms with Gasteiger partial charge in [0.15, 0.2) is 5.78 Å². The van der Waals surface area contributed by atoms with Gasteiger partial charge in [0.25, 0.3) is 5.91 Å². The SMILES string of the molecule is CC(C)[C@@]1(C(=O)c2cccc(CN3CCCC3)c2)C(=O)N(S(C)(=O)=O)[C@H]2CCN[C@@H]21. The van der Waals surface area contributed by atoms with Gasteiger partial charge < -0.3 is 5.32 Å². The number of nitrogens with zero attached hydrogens (tertiary/aromatic N) is 2. The van der Waals surface area contributed by atoms with Crippen molar-refractivity contribution in [3.63, 3.8) is 0 Å². The normalized spacial score (nSPS) is 29.7. The van der Waals surface area contributed by atoms with Crippen LogP contribution < -0.4 is 5.32 Å². The standard InChI is InChI=1S/C22H31N3O4S/c1-15(2)22(19-18(9-10-23-19)25(21(22)27)30(3,28)29)20(26)17-8-6-7-16(13-17)14-24-11-4-5-12-24/h6-8,13,15,18-19,23H,4-5,9-12,14H2,1-3H3/t18-,19-,22+/m0/s1. The lowest BCUT2D eigenvalue weighted by molar-refractivity contribution is -0.132. The van der Waals surface area contributed by atoms with Crippen LogP contribution in [0.25, 0.3) is 0 Å². The summed E-state index contributed by atoms with van der Waals surface area (Å²) in [5, 5.41) is 3.29. The van der Waals surface area contributed by atoms with Gasteiger partial charge in [-0.15, -0.1) is 0 Å². The topological polar surface area (TPSA) is 86.8 Å². The number of likely N-dealkylation sites (tertiary alicyclic amines) is 1. The highest BCUT2D eigenvalue weighted by atomic mass is 32.2. The van der Waals surface area contributed by atoms with Crippen LogP contribution in [0, 0.1) is 11.3 Å². The van der Waals surface area contributed by atoms with Gasteiger partial charge in [0.05, 0.1) is 18.3 Å². The number of carbonyl (C=O) groups excluding carboxylic acids is 2. The minimum Gasteiger partial charge on any atom is -0.310 e. The van der Waals surface area contributed by atoms with Crippen LogP contribution in [0.2, 0.25) is 0 Å². The van der Waals surface area contributed by atoms with Crippen molar-refractivity contribution in [2.24, 2.45) is 11.3 Å². The molecule has 3 saturated heterocycles. The van der Waals surface area contributed by atoms with E-state index >= 15 is 0 Å². The van der Waals surface area contributed by atoms with E-state index in [1.807, 2.05) is 32.0 Å². The molecule has 1 N–H and O–H groups in total. The third kappa shape index (κ3) is 3.29. The molecule has 0 radical (unpaired) electrons. The molecule has 3 aliphatic rings. The van der Waals surface area contributed by atoms with E-state index in [-0.39, 0.29) is 11.7 Å². The highest BCUT2D eigenvalue weighted by Gasteiger charge is 2.67. The maximum absolute atomic E-state index is 13.9. The molecular weight excluding hydrogens is 402 g/mol. The van der Waals surface area contributed by atoms with E-state index in [4.69, 9.17) is 0 Å². The van der Waals surface area contributed by atoms with Crippen molar-refractivity contribution in [2.45, 2.75) is 51.7 Å². The molecule has 164 valence electrons. The average molecular weight is 434 g/mol. The number of hydrogen-bond donors (Lipinski definition) is 1. The number of hydrogen-bond acceptors (Lipinski definition) is 6. The second-order valence-electron chi connectivity index (χ2n) is 9.19. The second kappa shape index (κ2) is 7.73. The first-order chi connectivity index (χ1) is 14.2. The molecule has 0 spiro atoms. The van der Waals surface area contributed by atoms with Gasteiger partial charge in [-0.3, -0.25) is 14.5 Å². The Bertz CT molecular complexity index is 955. The Morgan fingerprint density at radius 3 is 2.60 bits per heavy atom. The Morgan fingerprint density at radius 1 is 1.27 bits per heavy atom. The fourth-order valence-corrected chi connectivity index (χ4v) is 6.80. The molecular formula is C22H31N3O4S. The molecule has 3 atom stereocenters. The first-order valence-electron chi connectivity index (χ1n) is 10.8. The Hall–Kier alpha value is -1.77. The molecule has 3 fully saturated rings. The molecule has 4 rings (SSSR count). The molecule has 3 aliphatic heterocycles.